The maximum atomic E-state index is 13.6. The predicted molar refractivity (Wildman–Crippen MR) is 86.7 cm³/mol. The number of hydrogen-bond acceptors (Lipinski definition) is 3. The fourth-order valence-corrected chi connectivity index (χ4v) is 3.46. The maximum Gasteiger partial charge on any atom is 0.222 e. The lowest BCUT2D eigenvalue weighted by atomic mass is 10.1. The average Bonchev–Trinajstić information content (AvgIpc) is 2.98. The molecule has 1 amide bonds. The van der Waals surface area contributed by atoms with E-state index in [-0.39, 0.29) is 11.7 Å². The molecule has 1 unspecified atom stereocenters. The molecule has 1 atom stereocenters. The van der Waals surface area contributed by atoms with Gasteiger partial charge in [0.05, 0.1) is 6.61 Å². The van der Waals surface area contributed by atoms with Crippen LogP contribution in [0.25, 0.3) is 0 Å². The molecule has 5 heteroatoms. The van der Waals surface area contributed by atoms with E-state index in [1.807, 2.05) is 11.0 Å². The van der Waals surface area contributed by atoms with Gasteiger partial charge in [-0.15, -0.1) is 0 Å². The number of amides is 1. The summed E-state index contributed by atoms with van der Waals surface area (Å²) in [6.07, 6.45) is 2.96. The molecule has 0 spiro atoms. The van der Waals surface area contributed by atoms with Crippen LogP contribution in [0.1, 0.15) is 24.8 Å². The summed E-state index contributed by atoms with van der Waals surface area (Å²) in [6, 6.07) is 7.22. The largest absolute Gasteiger partial charge is 0.380 e. The van der Waals surface area contributed by atoms with Crippen molar-refractivity contribution in [3.63, 3.8) is 0 Å². The van der Waals surface area contributed by atoms with E-state index in [9.17, 15) is 9.18 Å². The van der Waals surface area contributed by atoms with Gasteiger partial charge in [0.25, 0.3) is 0 Å². The molecular weight excluding hydrogens is 295 g/mol. The molecule has 126 valence electrons. The Morgan fingerprint density at radius 1 is 1.22 bits per heavy atom. The highest BCUT2D eigenvalue weighted by atomic mass is 19.1. The number of halogens is 1. The number of aryl methyl sites for hydroxylation is 1. The van der Waals surface area contributed by atoms with E-state index in [0.29, 0.717) is 24.4 Å². The van der Waals surface area contributed by atoms with Gasteiger partial charge in [-0.3, -0.25) is 9.69 Å². The molecule has 2 saturated heterocycles. The van der Waals surface area contributed by atoms with Crippen molar-refractivity contribution in [3.05, 3.63) is 35.6 Å². The second-order valence-corrected chi connectivity index (χ2v) is 6.38. The SMILES string of the molecule is O=C(CCc1ccccc1F)N1CCCN(C2CCOC2)CC1. The number of benzene rings is 1. The number of ether oxygens (including phenoxy) is 1. The minimum absolute atomic E-state index is 0.137. The van der Waals surface area contributed by atoms with Gasteiger partial charge in [0.2, 0.25) is 5.91 Å². The first kappa shape index (κ1) is 16.4. The van der Waals surface area contributed by atoms with Crippen molar-refractivity contribution in [2.75, 3.05) is 39.4 Å². The Hall–Kier alpha value is -1.46. The summed E-state index contributed by atoms with van der Waals surface area (Å²) in [4.78, 5) is 16.8. The summed E-state index contributed by atoms with van der Waals surface area (Å²) < 4.78 is 19.1. The van der Waals surface area contributed by atoms with E-state index in [1.54, 1.807) is 12.1 Å². The normalized spacial score (nSPS) is 23.0. The fourth-order valence-electron chi connectivity index (χ4n) is 3.46. The Bertz CT molecular complexity index is 532. The lowest BCUT2D eigenvalue weighted by Gasteiger charge is -2.26. The van der Waals surface area contributed by atoms with Crippen LogP contribution < -0.4 is 0 Å². The molecule has 0 saturated carbocycles. The second-order valence-electron chi connectivity index (χ2n) is 6.38. The summed E-state index contributed by atoms with van der Waals surface area (Å²) in [5.41, 5.74) is 0.625. The molecule has 1 aromatic carbocycles. The average molecular weight is 320 g/mol. The van der Waals surface area contributed by atoms with Gasteiger partial charge < -0.3 is 9.64 Å². The summed E-state index contributed by atoms with van der Waals surface area (Å²) in [5.74, 6) is -0.0821. The lowest BCUT2D eigenvalue weighted by Crippen LogP contribution is -2.39. The highest BCUT2D eigenvalue weighted by Gasteiger charge is 2.26. The van der Waals surface area contributed by atoms with E-state index < -0.39 is 0 Å². The molecule has 23 heavy (non-hydrogen) atoms. The summed E-state index contributed by atoms with van der Waals surface area (Å²) in [7, 11) is 0. The van der Waals surface area contributed by atoms with Crippen molar-refractivity contribution in [2.45, 2.75) is 31.7 Å². The topological polar surface area (TPSA) is 32.8 Å². The van der Waals surface area contributed by atoms with Gasteiger partial charge >= 0.3 is 0 Å². The summed E-state index contributed by atoms with van der Waals surface area (Å²) >= 11 is 0. The Kier molecular flexibility index (Phi) is 5.62. The highest BCUT2D eigenvalue weighted by Crippen LogP contribution is 2.16. The summed E-state index contributed by atoms with van der Waals surface area (Å²) in [6.45, 7) is 5.20. The molecule has 0 aliphatic carbocycles. The number of rotatable bonds is 4. The van der Waals surface area contributed by atoms with Crippen molar-refractivity contribution < 1.29 is 13.9 Å². The first-order valence-electron chi connectivity index (χ1n) is 8.57. The Morgan fingerprint density at radius 3 is 2.87 bits per heavy atom. The zero-order valence-corrected chi connectivity index (χ0v) is 13.5. The van der Waals surface area contributed by atoms with Crippen LogP contribution in [0, 0.1) is 5.82 Å². The van der Waals surface area contributed by atoms with Crippen molar-refractivity contribution in [2.24, 2.45) is 0 Å². The molecule has 0 radical (unpaired) electrons. The lowest BCUT2D eigenvalue weighted by molar-refractivity contribution is -0.131. The van der Waals surface area contributed by atoms with Crippen LogP contribution >= 0.6 is 0 Å². The molecule has 0 aromatic heterocycles. The third kappa shape index (κ3) is 4.30. The Balaban J connectivity index is 1.49. The zero-order valence-electron chi connectivity index (χ0n) is 13.5. The van der Waals surface area contributed by atoms with Gasteiger partial charge in [-0.2, -0.15) is 0 Å². The van der Waals surface area contributed by atoms with Crippen LogP contribution in [-0.2, 0) is 16.0 Å². The standard InChI is InChI=1S/C18H25FN2O2/c19-17-5-2-1-4-15(17)6-7-18(22)21-10-3-9-20(11-12-21)16-8-13-23-14-16/h1-2,4-5,16H,3,6-14H2. The second kappa shape index (κ2) is 7.88. The Morgan fingerprint density at radius 2 is 2.09 bits per heavy atom. The van der Waals surface area contributed by atoms with E-state index >= 15 is 0 Å². The van der Waals surface area contributed by atoms with Gasteiger partial charge in [-0.1, -0.05) is 18.2 Å². The minimum atomic E-state index is -0.219. The van der Waals surface area contributed by atoms with Crippen molar-refractivity contribution in [1.82, 2.24) is 9.80 Å². The Labute approximate surface area is 137 Å². The van der Waals surface area contributed by atoms with Crippen LogP contribution in [0.2, 0.25) is 0 Å². The molecule has 2 aliphatic rings. The number of carbonyl (C=O) groups is 1. The molecule has 3 rings (SSSR count). The van der Waals surface area contributed by atoms with E-state index in [2.05, 4.69) is 4.90 Å². The van der Waals surface area contributed by atoms with Gasteiger partial charge in [-0.25, -0.2) is 4.39 Å². The third-order valence-corrected chi connectivity index (χ3v) is 4.87. The van der Waals surface area contributed by atoms with E-state index in [1.165, 1.54) is 6.07 Å². The zero-order chi connectivity index (χ0) is 16.1. The van der Waals surface area contributed by atoms with E-state index in [4.69, 9.17) is 4.74 Å². The monoisotopic (exact) mass is 320 g/mol. The smallest absolute Gasteiger partial charge is 0.222 e. The first-order chi connectivity index (χ1) is 11.2. The molecule has 0 bridgehead atoms. The summed E-state index contributed by atoms with van der Waals surface area (Å²) in [5, 5.41) is 0. The number of hydrogen-bond donors (Lipinski definition) is 0. The molecular formula is C18H25FN2O2. The van der Waals surface area contributed by atoms with Crippen LogP contribution in [0.3, 0.4) is 0 Å². The van der Waals surface area contributed by atoms with Gasteiger partial charge in [-0.05, 0) is 30.9 Å². The number of carbonyl (C=O) groups excluding carboxylic acids is 1. The van der Waals surface area contributed by atoms with Crippen LogP contribution in [0.4, 0.5) is 4.39 Å². The third-order valence-electron chi connectivity index (χ3n) is 4.87. The van der Waals surface area contributed by atoms with Crippen LogP contribution in [-0.4, -0.2) is 61.1 Å². The van der Waals surface area contributed by atoms with Crippen LogP contribution in [0.5, 0.6) is 0 Å². The molecule has 1 aromatic rings. The highest BCUT2D eigenvalue weighted by molar-refractivity contribution is 5.76. The molecule has 4 nitrogen and oxygen atoms in total. The van der Waals surface area contributed by atoms with Crippen molar-refractivity contribution in [3.8, 4) is 0 Å². The maximum absolute atomic E-state index is 13.6. The van der Waals surface area contributed by atoms with Gasteiger partial charge in [0.1, 0.15) is 5.82 Å². The molecule has 0 N–H and O–H groups in total. The van der Waals surface area contributed by atoms with Gasteiger partial charge in [0.15, 0.2) is 0 Å². The predicted octanol–water partition coefficient (Wildman–Crippen LogP) is 2.08. The fraction of sp³-hybridized carbons (Fsp3) is 0.611. The molecule has 2 fully saturated rings. The molecule has 2 heterocycles. The van der Waals surface area contributed by atoms with Crippen LogP contribution in [0.15, 0.2) is 24.3 Å². The minimum Gasteiger partial charge on any atom is -0.380 e. The van der Waals surface area contributed by atoms with Gasteiger partial charge in [0, 0.05) is 45.2 Å². The number of nitrogens with zero attached hydrogens (tertiary/aromatic N) is 2. The van der Waals surface area contributed by atoms with Crippen molar-refractivity contribution >= 4 is 5.91 Å². The van der Waals surface area contributed by atoms with E-state index in [0.717, 1.165) is 52.2 Å². The molecule has 2 aliphatic heterocycles. The first-order valence-corrected chi connectivity index (χ1v) is 8.57. The van der Waals surface area contributed by atoms with Crippen molar-refractivity contribution in [1.29, 1.82) is 0 Å². The quantitative estimate of drug-likeness (QED) is 0.851.